The maximum Gasteiger partial charge on any atom is 0.266 e. The zero-order chi connectivity index (χ0) is 21.4. The summed E-state index contributed by atoms with van der Waals surface area (Å²) in [4.78, 5) is 12.6. The Morgan fingerprint density at radius 3 is 2.69 bits per heavy atom. The van der Waals surface area contributed by atoms with Gasteiger partial charge in [-0.1, -0.05) is 41.9 Å². The molecule has 0 aliphatic rings. The Morgan fingerprint density at radius 1 is 1.28 bits per heavy atom. The van der Waals surface area contributed by atoms with Gasteiger partial charge in [0.15, 0.2) is 11.5 Å². The molecule has 150 valence electrons. The van der Waals surface area contributed by atoms with Gasteiger partial charge in [0, 0.05) is 10.7 Å². The summed E-state index contributed by atoms with van der Waals surface area (Å²) in [5.41, 5.74) is 1.79. The van der Waals surface area contributed by atoms with E-state index in [0.29, 0.717) is 39.4 Å². The van der Waals surface area contributed by atoms with Crippen LogP contribution in [0.25, 0.3) is 6.08 Å². The number of halogens is 2. The van der Waals surface area contributed by atoms with E-state index in [4.69, 9.17) is 32.7 Å². The van der Waals surface area contributed by atoms with Gasteiger partial charge >= 0.3 is 0 Å². The molecule has 0 aliphatic heterocycles. The zero-order valence-electron chi connectivity index (χ0n) is 16.1. The minimum absolute atomic E-state index is 0.0948. The lowest BCUT2D eigenvalue weighted by molar-refractivity contribution is -0.112. The number of nitrogens with zero attached hydrogens (tertiary/aromatic N) is 1. The third-order valence-electron chi connectivity index (χ3n) is 3.80. The third-order valence-corrected chi connectivity index (χ3v) is 4.32. The molecule has 0 unspecified atom stereocenters. The van der Waals surface area contributed by atoms with Crippen LogP contribution in [-0.2, 0) is 4.79 Å². The van der Waals surface area contributed by atoms with Crippen LogP contribution in [0.4, 0.5) is 5.69 Å². The van der Waals surface area contributed by atoms with Gasteiger partial charge in [0.2, 0.25) is 0 Å². The summed E-state index contributed by atoms with van der Waals surface area (Å²) < 4.78 is 11.1. The normalized spacial score (nSPS) is 10.8. The van der Waals surface area contributed by atoms with E-state index in [2.05, 4.69) is 11.9 Å². The van der Waals surface area contributed by atoms with Crippen LogP contribution in [0.5, 0.6) is 11.5 Å². The molecule has 0 saturated heterocycles. The number of nitrogens with one attached hydrogen (secondary N) is 1. The SMILES string of the molecule is C=CCOc1c(Cl)cc(/C=C(\C#N)C(=O)Nc2cc(Cl)ccc2C)cc1OCC. The quantitative estimate of drug-likeness (QED) is 0.325. The van der Waals surface area contributed by atoms with Gasteiger partial charge < -0.3 is 14.8 Å². The molecule has 0 bridgehead atoms. The number of carbonyl (C=O) groups is 1. The first kappa shape index (κ1) is 22.4. The van der Waals surface area contributed by atoms with Crippen LogP contribution in [0.15, 0.2) is 48.6 Å². The van der Waals surface area contributed by atoms with Crippen molar-refractivity contribution in [2.45, 2.75) is 13.8 Å². The first-order valence-corrected chi connectivity index (χ1v) is 9.54. The molecule has 0 saturated carbocycles. The predicted molar refractivity (Wildman–Crippen MR) is 117 cm³/mol. The summed E-state index contributed by atoms with van der Waals surface area (Å²) >= 11 is 12.3. The molecule has 5 nitrogen and oxygen atoms in total. The zero-order valence-corrected chi connectivity index (χ0v) is 17.6. The fourth-order valence-corrected chi connectivity index (χ4v) is 2.90. The second-order valence-electron chi connectivity index (χ2n) is 5.95. The molecule has 7 heteroatoms. The number of anilines is 1. The van der Waals surface area contributed by atoms with E-state index >= 15 is 0 Å². The molecule has 0 heterocycles. The van der Waals surface area contributed by atoms with Crippen molar-refractivity contribution in [2.75, 3.05) is 18.5 Å². The van der Waals surface area contributed by atoms with E-state index in [9.17, 15) is 10.1 Å². The topological polar surface area (TPSA) is 71.3 Å². The summed E-state index contributed by atoms with van der Waals surface area (Å²) in [5.74, 6) is 0.235. The second-order valence-corrected chi connectivity index (χ2v) is 6.79. The van der Waals surface area contributed by atoms with Crippen LogP contribution >= 0.6 is 23.2 Å². The van der Waals surface area contributed by atoms with E-state index in [1.807, 2.05) is 19.9 Å². The molecule has 0 aromatic heterocycles. The van der Waals surface area contributed by atoms with Crippen molar-refractivity contribution >= 4 is 40.9 Å². The summed E-state index contributed by atoms with van der Waals surface area (Å²) in [6.07, 6.45) is 3.02. The van der Waals surface area contributed by atoms with Crippen molar-refractivity contribution in [3.8, 4) is 17.6 Å². The van der Waals surface area contributed by atoms with Crippen LogP contribution in [0.1, 0.15) is 18.1 Å². The first-order chi connectivity index (χ1) is 13.9. The van der Waals surface area contributed by atoms with E-state index in [1.165, 1.54) is 6.08 Å². The summed E-state index contributed by atoms with van der Waals surface area (Å²) in [7, 11) is 0. The van der Waals surface area contributed by atoms with Crippen molar-refractivity contribution in [1.29, 1.82) is 5.26 Å². The Balaban J connectivity index is 2.36. The Bertz CT molecular complexity index is 994. The number of aryl methyl sites for hydroxylation is 1. The van der Waals surface area contributed by atoms with Gasteiger partial charge in [-0.3, -0.25) is 4.79 Å². The molecule has 29 heavy (non-hydrogen) atoms. The van der Waals surface area contributed by atoms with E-state index in [1.54, 1.807) is 36.4 Å². The molecular formula is C22H20Cl2N2O3. The molecule has 2 aromatic carbocycles. The van der Waals surface area contributed by atoms with Crippen LogP contribution in [0.3, 0.4) is 0 Å². The highest BCUT2D eigenvalue weighted by Gasteiger charge is 2.15. The molecule has 0 atom stereocenters. The Hall–Kier alpha value is -2.94. The van der Waals surface area contributed by atoms with E-state index in [0.717, 1.165) is 5.56 Å². The van der Waals surface area contributed by atoms with Gasteiger partial charge in [-0.25, -0.2) is 0 Å². The van der Waals surface area contributed by atoms with Crippen LogP contribution in [-0.4, -0.2) is 19.1 Å². The maximum absolute atomic E-state index is 12.6. The number of hydrogen-bond donors (Lipinski definition) is 1. The summed E-state index contributed by atoms with van der Waals surface area (Å²) in [6.45, 7) is 7.93. The Kier molecular flexibility index (Phi) is 8.14. The van der Waals surface area contributed by atoms with Gasteiger partial charge in [0.1, 0.15) is 18.2 Å². The van der Waals surface area contributed by atoms with Crippen molar-refractivity contribution in [2.24, 2.45) is 0 Å². The van der Waals surface area contributed by atoms with Gasteiger partial charge in [0.05, 0.1) is 11.6 Å². The lowest BCUT2D eigenvalue weighted by Gasteiger charge is -2.13. The lowest BCUT2D eigenvalue weighted by atomic mass is 10.1. The van der Waals surface area contributed by atoms with Gasteiger partial charge in [-0.2, -0.15) is 5.26 Å². The summed E-state index contributed by atoms with van der Waals surface area (Å²) in [5, 5.41) is 13.0. The van der Waals surface area contributed by atoms with Crippen LogP contribution in [0.2, 0.25) is 10.0 Å². The molecular weight excluding hydrogens is 411 g/mol. The summed E-state index contributed by atoms with van der Waals surface area (Å²) in [6, 6.07) is 10.3. The Labute approximate surface area is 180 Å². The van der Waals surface area contributed by atoms with Crippen LogP contribution in [0, 0.1) is 18.3 Å². The Morgan fingerprint density at radius 2 is 2.03 bits per heavy atom. The lowest BCUT2D eigenvalue weighted by Crippen LogP contribution is -2.14. The van der Waals surface area contributed by atoms with Crippen molar-refractivity contribution in [1.82, 2.24) is 0 Å². The van der Waals surface area contributed by atoms with E-state index in [-0.39, 0.29) is 12.2 Å². The smallest absolute Gasteiger partial charge is 0.266 e. The molecule has 0 aliphatic carbocycles. The highest BCUT2D eigenvalue weighted by molar-refractivity contribution is 6.32. The number of ether oxygens (including phenoxy) is 2. The maximum atomic E-state index is 12.6. The average Bonchev–Trinajstić information content (AvgIpc) is 2.68. The molecule has 1 N–H and O–H groups in total. The van der Waals surface area contributed by atoms with Gasteiger partial charge in [0.25, 0.3) is 5.91 Å². The predicted octanol–water partition coefficient (Wildman–Crippen LogP) is 5.81. The minimum Gasteiger partial charge on any atom is -0.490 e. The standard InChI is InChI=1S/C22H20Cl2N2O3/c1-4-8-29-21-18(24)10-15(11-20(21)28-5-2)9-16(13-25)22(27)26-19-12-17(23)7-6-14(19)3/h4,6-7,9-12H,1,5,8H2,2-3H3,(H,26,27)/b16-9+. The molecule has 2 aromatic rings. The molecule has 1 amide bonds. The number of hydrogen-bond acceptors (Lipinski definition) is 4. The fourth-order valence-electron chi connectivity index (χ4n) is 2.45. The number of amides is 1. The fraction of sp³-hybridized carbons (Fsp3) is 0.182. The first-order valence-electron chi connectivity index (χ1n) is 8.78. The van der Waals surface area contributed by atoms with Crippen molar-refractivity contribution in [3.05, 3.63) is 69.7 Å². The number of benzene rings is 2. The number of rotatable bonds is 8. The van der Waals surface area contributed by atoms with Crippen LogP contribution < -0.4 is 14.8 Å². The molecule has 0 radical (unpaired) electrons. The monoisotopic (exact) mass is 430 g/mol. The molecule has 0 fully saturated rings. The molecule has 2 rings (SSSR count). The van der Waals surface area contributed by atoms with Gasteiger partial charge in [-0.15, -0.1) is 0 Å². The molecule has 0 spiro atoms. The third kappa shape index (κ3) is 6.02. The van der Waals surface area contributed by atoms with Crippen molar-refractivity contribution < 1.29 is 14.3 Å². The largest absolute Gasteiger partial charge is 0.490 e. The van der Waals surface area contributed by atoms with Crippen molar-refractivity contribution in [3.63, 3.8) is 0 Å². The number of carbonyl (C=O) groups excluding carboxylic acids is 1. The minimum atomic E-state index is -0.557. The second kappa shape index (κ2) is 10.6. The van der Waals surface area contributed by atoms with E-state index < -0.39 is 5.91 Å². The number of nitriles is 1. The highest BCUT2D eigenvalue weighted by atomic mass is 35.5. The average molecular weight is 431 g/mol. The van der Waals surface area contributed by atoms with Gasteiger partial charge in [-0.05, 0) is 55.3 Å². The highest BCUT2D eigenvalue weighted by Crippen LogP contribution is 2.37.